The molecule has 0 bridgehead atoms. The van der Waals surface area contributed by atoms with E-state index in [1.54, 1.807) is 12.1 Å². The van der Waals surface area contributed by atoms with Crippen molar-refractivity contribution in [3.63, 3.8) is 0 Å². The number of carbonyl (C=O) groups excluding carboxylic acids is 2. The Morgan fingerprint density at radius 1 is 1.09 bits per heavy atom. The lowest BCUT2D eigenvalue weighted by atomic mass is 9.90. The molecule has 0 aliphatic carbocycles. The van der Waals surface area contributed by atoms with Gasteiger partial charge in [0, 0.05) is 17.9 Å². The first-order chi connectivity index (χ1) is 11.2. The van der Waals surface area contributed by atoms with Crippen LogP contribution in [0.2, 0.25) is 0 Å². The third-order valence-corrected chi connectivity index (χ3v) is 4.36. The van der Waals surface area contributed by atoms with Gasteiger partial charge in [0.15, 0.2) is 0 Å². The fraction of sp³-hybridized carbons (Fsp3) is 0.263. The molecule has 2 aromatic rings. The molecule has 1 aliphatic heterocycles. The zero-order valence-corrected chi connectivity index (χ0v) is 13.1. The highest BCUT2D eigenvalue weighted by molar-refractivity contribution is 5.95. The van der Waals surface area contributed by atoms with Gasteiger partial charge in [-0.1, -0.05) is 55.5 Å². The Balaban J connectivity index is 1.79. The summed E-state index contributed by atoms with van der Waals surface area (Å²) in [7, 11) is 0. The number of hydrogen-bond donors (Lipinski definition) is 1. The van der Waals surface area contributed by atoms with Gasteiger partial charge in [-0.15, -0.1) is 0 Å². The number of rotatable bonds is 4. The summed E-state index contributed by atoms with van der Waals surface area (Å²) in [6.45, 7) is 2.04. The SMILES string of the molecule is CC[C@@H]1[C@@H](c2ccccc2)CC(=O)N1NC(=O)c1ccccc1. The van der Waals surface area contributed by atoms with Crippen LogP contribution < -0.4 is 5.43 Å². The lowest BCUT2D eigenvalue weighted by Crippen LogP contribution is -2.48. The molecule has 3 rings (SSSR count). The summed E-state index contributed by atoms with van der Waals surface area (Å²) in [4.78, 5) is 24.8. The van der Waals surface area contributed by atoms with Crippen LogP contribution in [0, 0.1) is 0 Å². The first kappa shape index (κ1) is 15.3. The Morgan fingerprint density at radius 2 is 1.70 bits per heavy atom. The van der Waals surface area contributed by atoms with E-state index in [1.807, 2.05) is 55.5 Å². The lowest BCUT2D eigenvalue weighted by Gasteiger charge is -2.27. The van der Waals surface area contributed by atoms with E-state index in [4.69, 9.17) is 0 Å². The molecule has 0 saturated carbocycles. The van der Waals surface area contributed by atoms with Crippen molar-refractivity contribution in [1.82, 2.24) is 10.4 Å². The van der Waals surface area contributed by atoms with Crippen LogP contribution in [-0.2, 0) is 4.79 Å². The molecular formula is C19H20N2O2. The second-order valence-electron chi connectivity index (χ2n) is 5.77. The summed E-state index contributed by atoms with van der Waals surface area (Å²) in [5.74, 6) is -0.161. The number of nitrogens with zero attached hydrogens (tertiary/aromatic N) is 1. The number of carbonyl (C=O) groups is 2. The molecule has 4 heteroatoms. The fourth-order valence-electron chi connectivity index (χ4n) is 3.20. The topological polar surface area (TPSA) is 49.4 Å². The molecule has 2 aromatic carbocycles. The highest BCUT2D eigenvalue weighted by atomic mass is 16.2. The summed E-state index contributed by atoms with van der Waals surface area (Å²) < 4.78 is 0. The molecule has 1 aliphatic rings. The zero-order chi connectivity index (χ0) is 16.2. The van der Waals surface area contributed by atoms with Crippen LogP contribution >= 0.6 is 0 Å². The molecule has 1 N–H and O–H groups in total. The van der Waals surface area contributed by atoms with Crippen molar-refractivity contribution in [2.45, 2.75) is 31.7 Å². The minimum absolute atomic E-state index is 0.0161. The number of amides is 2. The molecule has 0 spiro atoms. The van der Waals surface area contributed by atoms with Gasteiger partial charge >= 0.3 is 0 Å². The quantitative estimate of drug-likeness (QED) is 0.943. The summed E-state index contributed by atoms with van der Waals surface area (Å²) in [5, 5.41) is 1.52. The van der Waals surface area contributed by atoms with Gasteiger partial charge in [0.1, 0.15) is 0 Å². The van der Waals surface area contributed by atoms with Crippen LogP contribution in [0.5, 0.6) is 0 Å². The van der Waals surface area contributed by atoms with Crippen LogP contribution in [0.4, 0.5) is 0 Å². The molecule has 118 valence electrons. The van der Waals surface area contributed by atoms with E-state index in [0.717, 1.165) is 12.0 Å². The molecule has 0 radical (unpaired) electrons. The third kappa shape index (κ3) is 3.11. The predicted octanol–water partition coefficient (Wildman–Crippen LogP) is 3.13. The van der Waals surface area contributed by atoms with Crippen molar-refractivity contribution < 1.29 is 9.59 Å². The average molecular weight is 308 g/mol. The summed E-state index contributed by atoms with van der Waals surface area (Å²) in [6, 6.07) is 19.0. The van der Waals surface area contributed by atoms with Gasteiger partial charge in [0.25, 0.3) is 5.91 Å². The lowest BCUT2D eigenvalue weighted by molar-refractivity contribution is -0.131. The van der Waals surface area contributed by atoms with Crippen LogP contribution in [0.3, 0.4) is 0 Å². The zero-order valence-electron chi connectivity index (χ0n) is 13.1. The van der Waals surface area contributed by atoms with Crippen LogP contribution in [-0.4, -0.2) is 22.9 Å². The number of nitrogens with one attached hydrogen (secondary N) is 1. The van der Waals surface area contributed by atoms with Gasteiger partial charge in [-0.2, -0.15) is 0 Å². The normalized spacial score (nSPS) is 20.6. The molecule has 23 heavy (non-hydrogen) atoms. The molecule has 1 heterocycles. The molecule has 0 unspecified atom stereocenters. The molecule has 1 saturated heterocycles. The summed E-state index contributed by atoms with van der Waals surface area (Å²) >= 11 is 0. The summed E-state index contributed by atoms with van der Waals surface area (Å²) in [5.41, 5.74) is 4.49. The third-order valence-electron chi connectivity index (χ3n) is 4.36. The van der Waals surface area contributed by atoms with E-state index >= 15 is 0 Å². The molecule has 2 amide bonds. The van der Waals surface area contributed by atoms with Gasteiger partial charge in [-0.25, -0.2) is 0 Å². The first-order valence-electron chi connectivity index (χ1n) is 7.93. The number of hydrogen-bond acceptors (Lipinski definition) is 2. The largest absolute Gasteiger partial charge is 0.273 e. The predicted molar refractivity (Wildman–Crippen MR) is 88.6 cm³/mol. The highest BCUT2D eigenvalue weighted by Gasteiger charge is 2.40. The Bertz CT molecular complexity index is 685. The van der Waals surface area contributed by atoms with Crippen molar-refractivity contribution in [1.29, 1.82) is 0 Å². The van der Waals surface area contributed by atoms with Crippen molar-refractivity contribution >= 4 is 11.8 Å². The minimum Gasteiger partial charge on any atom is -0.273 e. The number of benzene rings is 2. The highest BCUT2D eigenvalue weighted by Crippen LogP contribution is 2.34. The van der Waals surface area contributed by atoms with Gasteiger partial charge in [0.2, 0.25) is 5.91 Å². The van der Waals surface area contributed by atoms with E-state index in [9.17, 15) is 9.59 Å². The second-order valence-corrected chi connectivity index (χ2v) is 5.77. The standard InChI is InChI=1S/C19H20N2O2/c1-2-17-16(14-9-5-3-6-10-14)13-18(22)21(17)20-19(23)15-11-7-4-8-12-15/h3-12,16-17H,2,13H2,1H3,(H,20,23)/t16-,17-/m1/s1. The molecule has 1 fully saturated rings. The maximum Gasteiger partial charge on any atom is 0.269 e. The Labute approximate surface area is 136 Å². The van der Waals surface area contributed by atoms with E-state index < -0.39 is 0 Å². The van der Waals surface area contributed by atoms with Crippen molar-refractivity contribution in [2.75, 3.05) is 0 Å². The smallest absolute Gasteiger partial charge is 0.269 e. The van der Waals surface area contributed by atoms with E-state index in [2.05, 4.69) is 5.43 Å². The monoisotopic (exact) mass is 308 g/mol. The van der Waals surface area contributed by atoms with E-state index in [0.29, 0.717) is 12.0 Å². The van der Waals surface area contributed by atoms with Gasteiger partial charge < -0.3 is 0 Å². The molecule has 4 nitrogen and oxygen atoms in total. The van der Waals surface area contributed by atoms with Crippen molar-refractivity contribution in [3.8, 4) is 0 Å². The Hall–Kier alpha value is -2.62. The van der Waals surface area contributed by atoms with Gasteiger partial charge in [0.05, 0.1) is 6.04 Å². The molecule has 2 atom stereocenters. The second kappa shape index (κ2) is 6.65. The van der Waals surface area contributed by atoms with E-state index in [1.165, 1.54) is 5.01 Å². The van der Waals surface area contributed by atoms with Crippen LogP contribution in [0.1, 0.15) is 41.6 Å². The Morgan fingerprint density at radius 3 is 2.30 bits per heavy atom. The maximum atomic E-state index is 12.4. The van der Waals surface area contributed by atoms with Crippen LogP contribution in [0.25, 0.3) is 0 Å². The molecule has 0 aromatic heterocycles. The Kier molecular flexibility index (Phi) is 4.42. The summed E-state index contributed by atoms with van der Waals surface area (Å²) in [6.07, 6.45) is 1.22. The minimum atomic E-state index is -0.244. The van der Waals surface area contributed by atoms with Crippen molar-refractivity contribution in [2.24, 2.45) is 0 Å². The first-order valence-corrected chi connectivity index (χ1v) is 7.93. The maximum absolute atomic E-state index is 12.4. The van der Waals surface area contributed by atoms with Crippen LogP contribution in [0.15, 0.2) is 60.7 Å². The fourth-order valence-corrected chi connectivity index (χ4v) is 3.20. The average Bonchev–Trinajstić information content (AvgIpc) is 2.92. The number of hydrazine groups is 1. The van der Waals surface area contributed by atoms with E-state index in [-0.39, 0.29) is 23.8 Å². The van der Waals surface area contributed by atoms with Crippen molar-refractivity contribution in [3.05, 3.63) is 71.8 Å². The molecular weight excluding hydrogens is 288 g/mol. The van der Waals surface area contributed by atoms with Gasteiger partial charge in [-0.3, -0.25) is 20.0 Å². The van der Waals surface area contributed by atoms with Gasteiger partial charge in [-0.05, 0) is 24.1 Å².